The Morgan fingerprint density at radius 2 is 2.00 bits per heavy atom. The van der Waals surface area contributed by atoms with Gasteiger partial charge in [0.2, 0.25) is 0 Å². The smallest absolute Gasteiger partial charge is 0.355 e. The lowest BCUT2D eigenvalue weighted by atomic mass is 10.1. The minimum absolute atomic E-state index is 0. The van der Waals surface area contributed by atoms with Crippen LogP contribution in [-0.2, 0) is 12.7 Å². The molecular weight excluding hydrogens is 444 g/mol. The van der Waals surface area contributed by atoms with E-state index in [0.29, 0.717) is 18.1 Å². The van der Waals surface area contributed by atoms with Crippen molar-refractivity contribution in [1.82, 2.24) is 15.5 Å². The van der Waals surface area contributed by atoms with Gasteiger partial charge in [-0.05, 0) is 37.1 Å². The number of guanidine groups is 1. The van der Waals surface area contributed by atoms with Crippen LogP contribution in [0.15, 0.2) is 29.3 Å². The average molecular weight is 470 g/mol. The topological polar surface area (TPSA) is 39.7 Å². The van der Waals surface area contributed by atoms with Gasteiger partial charge in [-0.1, -0.05) is 19.1 Å². The number of nitrogens with one attached hydrogen (secondary N) is 2. The maximum absolute atomic E-state index is 12.7. The second-order valence-corrected chi connectivity index (χ2v) is 5.91. The van der Waals surface area contributed by atoms with Crippen LogP contribution in [0.25, 0.3) is 0 Å². The molecule has 25 heavy (non-hydrogen) atoms. The van der Waals surface area contributed by atoms with Crippen LogP contribution in [0, 0.1) is 0 Å². The first-order valence-corrected chi connectivity index (χ1v) is 8.28. The molecule has 0 saturated heterocycles. The third-order valence-corrected chi connectivity index (χ3v) is 4.10. The van der Waals surface area contributed by atoms with Crippen LogP contribution in [-0.4, -0.2) is 43.6 Å². The van der Waals surface area contributed by atoms with Gasteiger partial charge in [0.05, 0.1) is 5.56 Å². The number of halogens is 4. The fourth-order valence-electron chi connectivity index (χ4n) is 2.62. The van der Waals surface area contributed by atoms with Crippen LogP contribution in [0.5, 0.6) is 0 Å². The Balaban J connectivity index is 0.00000312. The molecule has 0 amide bonds. The third-order valence-electron chi connectivity index (χ3n) is 4.10. The monoisotopic (exact) mass is 470 g/mol. The largest absolute Gasteiger partial charge is 0.416 e. The number of hydrogen-bond donors (Lipinski definition) is 2. The summed E-state index contributed by atoms with van der Waals surface area (Å²) in [5, 5.41) is 6.26. The third kappa shape index (κ3) is 7.39. The van der Waals surface area contributed by atoms with E-state index >= 15 is 0 Å². The van der Waals surface area contributed by atoms with E-state index in [-0.39, 0.29) is 24.0 Å². The molecule has 0 unspecified atom stereocenters. The summed E-state index contributed by atoms with van der Waals surface area (Å²) >= 11 is 0. The van der Waals surface area contributed by atoms with Crippen molar-refractivity contribution in [3.8, 4) is 0 Å². The van der Waals surface area contributed by atoms with Crippen molar-refractivity contribution in [2.24, 2.45) is 4.99 Å². The second-order valence-electron chi connectivity index (χ2n) is 5.91. The summed E-state index contributed by atoms with van der Waals surface area (Å²) in [6.07, 6.45) is -1.77. The molecule has 0 spiro atoms. The lowest BCUT2D eigenvalue weighted by Crippen LogP contribution is -2.41. The van der Waals surface area contributed by atoms with Crippen LogP contribution >= 0.6 is 24.0 Å². The first-order chi connectivity index (χ1) is 11.4. The Morgan fingerprint density at radius 3 is 2.56 bits per heavy atom. The van der Waals surface area contributed by atoms with E-state index in [1.807, 2.05) is 0 Å². The lowest BCUT2D eigenvalue weighted by Gasteiger charge is -2.20. The highest BCUT2D eigenvalue weighted by molar-refractivity contribution is 14.0. The molecule has 0 aromatic heterocycles. The summed E-state index contributed by atoms with van der Waals surface area (Å²) < 4.78 is 38.2. The predicted octanol–water partition coefficient (Wildman–Crippen LogP) is 3.47. The van der Waals surface area contributed by atoms with Gasteiger partial charge >= 0.3 is 6.18 Å². The van der Waals surface area contributed by atoms with Crippen molar-refractivity contribution in [3.05, 3.63) is 35.4 Å². The SMILES string of the molecule is CCN(CCNC(=NC)NCc1cccc(C(F)(F)F)c1)C1CC1.I. The maximum Gasteiger partial charge on any atom is 0.416 e. The Kier molecular flexibility index (Phi) is 8.98. The van der Waals surface area contributed by atoms with Crippen LogP contribution in [0.2, 0.25) is 0 Å². The van der Waals surface area contributed by atoms with E-state index in [4.69, 9.17) is 0 Å². The predicted molar refractivity (Wildman–Crippen MR) is 105 cm³/mol. The van der Waals surface area contributed by atoms with Gasteiger partial charge < -0.3 is 10.6 Å². The van der Waals surface area contributed by atoms with Gasteiger partial charge in [-0.3, -0.25) is 9.89 Å². The molecule has 2 rings (SSSR count). The molecule has 142 valence electrons. The van der Waals surface area contributed by atoms with Gasteiger partial charge in [-0.2, -0.15) is 13.2 Å². The Hall–Kier alpha value is -1.03. The Bertz CT molecular complexity index is 559. The number of benzene rings is 1. The molecule has 1 aromatic carbocycles. The molecule has 0 radical (unpaired) electrons. The van der Waals surface area contributed by atoms with Crippen molar-refractivity contribution in [2.45, 2.75) is 38.5 Å². The van der Waals surface area contributed by atoms with E-state index in [1.165, 1.54) is 18.9 Å². The van der Waals surface area contributed by atoms with Crippen LogP contribution in [0.4, 0.5) is 13.2 Å². The maximum atomic E-state index is 12.7. The van der Waals surface area contributed by atoms with Gasteiger partial charge in [0, 0.05) is 32.7 Å². The Morgan fingerprint density at radius 1 is 1.28 bits per heavy atom. The van der Waals surface area contributed by atoms with Crippen LogP contribution < -0.4 is 10.6 Å². The number of nitrogens with zero attached hydrogens (tertiary/aromatic N) is 2. The molecule has 4 nitrogen and oxygen atoms in total. The normalized spacial score (nSPS) is 15.0. The van der Waals surface area contributed by atoms with E-state index in [2.05, 4.69) is 27.4 Å². The number of likely N-dealkylation sites (N-methyl/N-ethyl adjacent to an activating group) is 1. The fourth-order valence-corrected chi connectivity index (χ4v) is 2.62. The minimum Gasteiger partial charge on any atom is -0.355 e. The van der Waals surface area contributed by atoms with Gasteiger partial charge in [-0.15, -0.1) is 24.0 Å². The molecule has 1 aliphatic rings. The summed E-state index contributed by atoms with van der Waals surface area (Å²) in [6.45, 7) is 5.17. The summed E-state index contributed by atoms with van der Waals surface area (Å²) in [6, 6.07) is 6.04. The van der Waals surface area contributed by atoms with Crippen molar-refractivity contribution in [2.75, 3.05) is 26.7 Å². The number of aliphatic imine (C=N–C) groups is 1. The summed E-state index contributed by atoms with van der Waals surface area (Å²) in [7, 11) is 1.65. The van der Waals surface area contributed by atoms with Gasteiger partial charge in [-0.25, -0.2) is 0 Å². The van der Waals surface area contributed by atoms with E-state index in [9.17, 15) is 13.2 Å². The Labute approximate surface area is 164 Å². The van der Waals surface area contributed by atoms with Crippen LogP contribution in [0.3, 0.4) is 0 Å². The number of rotatable bonds is 7. The minimum atomic E-state index is -4.32. The first kappa shape index (κ1) is 22.0. The number of alkyl halides is 3. The highest BCUT2D eigenvalue weighted by Gasteiger charge is 2.30. The zero-order valence-electron chi connectivity index (χ0n) is 14.6. The zero-order chi connectivity index (χ0) is 17.6. The zero-order valence-corrected chi connectivity index (χ0v) is 16.9. The standard InChI is InChI=1S/C17H25F3N4.HI/c1-3-24(15-7-8-15)10-9-22-16(21-2)23-12-13-5-4-6-14(11-13)17(18,19)20;/h4-6,11,15H,3,7-10,12H2,1-2H3,(H2,21,22,23);1H. The fraction of sp³-hybridized carbons (Fsp3) is 0.588. The van der Waals surface area contributed by atoms with E-state index in [0.717, 1.165) is 37.8 Å². The molecule has 8 heteroatoms. The molecule has 0 atom stereocenters. The van der Waals surface area contributed by atoms with E-state index < -0.39 is 11.7 Å². The quantitative estimate of drug-likeness (QED) is 0.364. The highest BCUT2D eigenvalue weighted by atomic mass is 127. The van der Waals surface area contributed by atoms with Crippen molar-refractivity contribution in [1.29, 1.82) is 0 Å². The average Bonchev–Trinajstić information content (AvgIpc) is 3.39. The molecule has 1 aromatic rings. The molecular formula is C17H26F3IN4. The molecule has 0 heterocycles. The molecule has 1 saturated carbocycles. The van der Waals surface area contributed by atoms with Gasteiger partial charge in [0.25, 0.3) is 0 Å². The van der Waals surface area contributed by atoms with Crippen LogP contribution in [0.1, 0.15) is 30.9 Å². The second kappa shape index (κ2) is 10.2. The molecule has 1 aliphatic carbocycles. The van der Waals surface area contributed by atoms with Crippen molar-refractivity contribution < 1.29 is 13.2 Å². The van der Waals surface area contributed by atoms with Crippen molar-refractivity contribution in [3.63, 3.8) is 0 Å². The summed E-state index contributed by atoms with van der Waals surface area (Å²) in [4.78, 5) is 6.53. The van der Waals surface area contributed by atoms with Gasteiger partial charge in [0.15, 0.2) is 5.96 Å². The van der Waals surface area contributed by atoms with Crippen molar-refractivity contribution >= 4 is 29.9 Å². The summed E-state index contributed by atoms with van der Waals surface area (Å²) in [5.41, 5.74) is -0.0614. The lowest BCUT2D eigenvalue weighted by molar-refractivity contribution is -0.137. The molecule has 0 aliphatic heterocycles. The molecule has 0 bridgehead atoms. The van der Waals surface area contributed by atoms with E-state index in [1.54, 1.807) is 13.1 Å². The first-order valence-electron chi connectivity index (χ1n) is 8.28. The highest BCUT2D eigenvalue weighted by Crippen LogP contribution is 2.29. The molecule has 2 N–H and O–H groups in total. The number of hydrogen-bond acceptors (Lipinski definition) is 2. The summed E-state index contributed by atoms with van der Waals surface area (Å²) in [5.74, 6) is 0.597. The molecule has 1 fully saturated rings. The van der Waals surface area contributed by atoms with Gasteiger partial charge in [0.1, 0.15) is 0 Å².